The van der Waals surface area contributed by atoms with Gasteiger partial charge in [-0.25, -0.2) is 15.8 Å². The van der Waals surface area contributed by atoms with Crippen LogP contribution in [-0.2, 0) is 4.79 Å². The Morgan fingerprint density at radius 2 is 1.96 bits per heavy atom. The van der Waals surface area contributed by atoms with E-state index in [9.17, 15) is 4.79 Å². The van der Waals surface area contributed by atoms with Crippen LogP contribution in [0.4, 0.5) is 5.82 Å². The lowest BCUT2D eigenvalue weighted by Gasteiger charge is -2.39. The minimum absolute atomic E-state index is 0.156. The third-order valence-electron chi connectivity index (χ3n) is 5.59. The number of aromatic nitrogens is 1. The molecule has 2 saturated heterocycles. The maximum atomic E-state index is 12.9. The predicted molar refractivity (Wildman–Crippen MR) is 92.1 cm³/mol. The van der Waals surface area contributed by atoms with Gasteiger partial charge in [0.25, 0.3) is 0 Å². The fourth-order valence-corrected chi connectivity index (χ4v) is 4.16. The van der Waals surface area contributed by atoms with E-state index in [4.69, 9.17) is 0 Å². The number of amides is 1. The number of nitrogens with one attached hydrogen (secondary N) is 3. The van der Waals surface area contributed by atoms with Crippen LogP contribution in [0.1, 0.15) is 24.8 Å². The molecule has 3 aliphatic rings. The number of hydrazine groups is 2. The molecular formula is C17H26N6O. The summed E-state index contributed by atoms with van der Waals surface area (Å²) in [6.45, 7) is 5.41. The molecule has 7 heteroatoms. The van der Waals surface area contributed by atoms with E-state index in [1.807, 2.05) is 12.3 Å². The van der Waals surface area contributed by atoms with E-state index in [0.29, 0.717) is 18.0 Å². The van der Waals surface area contributed by atoms with Gasteiger partial charge in [0.2, 0.25) is 5.91 Å². The van der Waals surface area contributed by atoms with Crippen molar-refractivity contribution in [2.24, 2.45) is 5.92 Å². The number of rotatable bonds is 2. The van der Waals surface area contributed by atoms with Crippen molar-refractivity contribution in [3.05, 3.63) is 23.9 Å². The first-order chi connectivity index (χ1) is 11.7. The molecular weight excluding hydrogens is 304 g/mol. The summed E-state index contributed by atoms with van der Waals surface area (Å²) in [4.78, 5) is 21.7. The third-order valence-corrected chi connectivity index (χ3v) is 5.59. The Morgan fingerprint density at radius 1 is 1.17 bits per heavy atom. The van der Waals surface area contributed by atoms with Crippen molar-refractivity contribution < 1.29 is 4.79 Å². The molecule has 4 rings (SSSR count). The molecule has 1 aliphatic carbocycles. The summed E-state index contributed by atoms with van der Waals surface area (Å²) in [7, 11) is 0. The van der Waals surface area contributed by atoms with Crippen LogP contribution in [0.2, 0.25) is 0 Å². The first kappa shape index (κ1) is 15.8. The predicted octanol–water partition coefficient (Wildman–Crippen LogP) is 0.188. The van der Waals surface area contributed by atoms with Crippen molar-refractivity contribution in [2.45, 2.75) is 38.3 Å². The molecule has 24 heavy (non-hydrogen) atoms. The second kappa shape index (κ2) is 6.66. The quantitative estimate of drug-likeness (QED) is 0.719. The van der Waals surface area contributed by atoms with Crippen molar-refractivity contribution in [2.75, 3.05) is 31.1 Å². The van der Waals surface area contributed by atoms with Crippen LogP contribution in [0, 0.1) is 12.8 Å². The smallest absolute Gasteiger partial charge is 0.225 e. The molecule has 130 valence electrons. The maximum absolute atomic E-state index is 12.9. The molecule has 3 unspecified atom stereocenters. The van der Waals surface area contributed by atoms with Gasteiger partial charge in [0.1, 0.15) is 5.82 Å². The van der Waals surface area contributed by atoms with E-state index in [-0.39, 0.29) is 5.92 Å². The first-order valence-electron chi connectivity index (χ1n) is 8.94. The molecule has 0 bridgehead atoms. The molecule has 3 heterocycles. The van der Waals surface area contributed by atoms with Gasteiger partial charge in [0.05, 0.1) is 0 Å². The first-order valence-corrected chi connectivity index (χ1v) is 8.94. The number of fused-ring (bicyclic) bond motifs is 1. The second-order valence-corrected chi connectivity index (χ2v) is 7.09. The van der Waals surface area contributed by atoms with Gasteiger partial charge in [-0.05, 0) is 37.8 Å². The monoisotopic (exact) mass is 330 g/mol. The molecule has 1 saturated carbocycles. The van der Waals surface area contributed by atoms with E-state index in [2.05, 4.69) is 44.2 Å². The summed E-state index contributed by atoms with van der Waals surface area (Å²) in [5.41, 5.74) is 10.7. The van der Waals surface area contributed by atoms with Gasteiger partial charge in [-0.15, -0.1) is 0 Å². The number of aryl methyl sites for hydroxylation is 1. The van der Waals surface area contributed by atoms with Gasteiger partial charge in [0.15, 0.2) is 0 Å². The maximum Gasteiger partial charge on any atom is 0.225 e. The average molecular weight is 330 g/mol. The third kappa shape index (κ3) is 2.99. The molecule has 0 aromatic carbocycles. The van der Waals surface area contributed by atoms with Crippen LogP contribution >= 0.6 is 0 Å². The van der Waals surface area contributed by atoms with Crippen LogP contribution in [-0.4, -0.2) is 54.1 Å². The van der Waals surface area contributed by atoms with Crippen LogP contribution in [0.5, 0.6) is 0 Å². The lowest BCUT2D eigenvalue weighted by molar-refractivity contribution is -0.137. The van der Waals surface area contributed by atoms with Crippen molar-refractivity contribution in [3.63, 3.8) is 0 Å². The molecule has 7 nitrogen and oxygen atoms in total. The van der Waals surface area contributed by atoms with Gasteiger partial charge in [-0.2, -0.15) is 5.53 Å². The Labute approximate surface area is 142 Å². The van der Waals surface area contributed by atoms with Crippen LogP contribution in [0.3, 0.4) is 0 Å². The molecule has 3 N–H and O–H groups in total. The van der Waals surface area contributed by atoms with Gasteiger partial charge >= 0.3 is 0 Å². The number of carbonyl (C=O) groups is 1. The second-order valence-electron chi connectivity index (χ2n) is 7.09. The number of hydrogen-bond acceptors (Lipinski definition) is 6. The standard InChI is InChI=1S/C17H26N6O/c1-12-3-2-6-18-16(12)22-7-9-23(10-8-22)17(24)13-4-5-14-15(11-13)20-21-19-14/h2-3,6,13-15,19-21H,4-5,7-11H2,1H3. The molecule has 0 radical (unpaired) electrons. The lowest BCUT2D eigenvalue weighted by Crippen LogP contribution is -2.52. The molecule has 1 amide bonds. The molecule has 3 atom stereocenters. The number of piperazine rings is 1. The minimum atomic E-state index is 0.156. The van der Waals surface area contributed by atoms with E-state index in [1.54, 1.807) is 0 Å². The van der Waals surface area contributed by atoms with Gasteiger partial charge in [-0.3, -0.25) is 4.79 Å². The zero-order chi connectivity index (χ0) is 16.5. The Hall–Kier alpha value is -1.70. The summed E-state index contributed by atoms with van der Waals surface area (Å²) in [5, 5.41) is 0. The summed E-state index contributed by atoms with van der Waals surface area (Å²) >= 11 is 0. The molecule has 2 aliphatic heterocycles. The average Bonchev–Trinajstić information content (AvgIpc) is 3.09. The molecule has 3 fully saturated rings. The highest BCUT2D eigenvalue weighted by Crippen LogP contribution is 2.28. The number of anilines is 1. The number of carbonyl (C=O) groups excluding carboxylic acids is 1. The van der Waals surface area contributed by atoms with Crippen LogP contribution < -0.4 is 21.3 Å². The summed E-state index contributed by atoms with van der Waals surface area (Å²) in [5.74, 6) is 1.54. The minimum Gasteiger partial charge on any atom is -0.353 e. The summed E-state index contributed by atoms with van der Waals surface area (Å²) in [6.07, 6.45) is 4.79. The fraction of sp³-hybridized carbons (Fsp3) is 0.647. The highest BCUT2D eigenvalue weighted by Gasteiger charge is 2.38. The lowest BCUT2D eigenvalue weighted by atomic mass is 9.82. The van der Waals surface area contributed by atoms with Crippen molar-refractivity contribution in [1.82, 2.24) is 26.3 Å². The SMILES string of the molecule is Cc1cccnc1N1CCN(C(=O)C2CCC3NNNC3C2)CC1. The number of nitrogens with zero attached hydrogens (tertiary/aromatic N) is 3. The Morgan fingerprint density at radius 3 is 2.75 bits per heavy atom. The normalized spacial score (nSPS) is 30.3. The number of hydrogen-bond donors (Lipinski definition) is 3. The fourth-order valence-electron chi connectivity index (χ4n) is 4.16. The van der Waals surface area contributed by atoms with Gasteiger partial charge in [-0.1, -0.05) is 6.07 Å². The highest BCUT2D eigenvalue weighted by molar-refractivity contribution is 5.79. The summed E-state index contributed by atoms with van der Waals surface area (Å²) in [6, 6.07) is 4.88. The van der Waals surface area contributed by atoms with E-state index in [1.165, 1.54) is 5.56 Å². The summed E-state index contributed by atoms with van der Waals surface area (Å²) < 4.78 is 0. The molecule has 1 aromatic heterocycles. The zero-order valence-corrected chi connectivity index (χ0v) is 14.2. The molecule has 0 spiro atoms. The zero-order valence-electron chi connectivity index (χ0n) is 14.2. The topological polar surface area (TPSA) is 72.5 Å². The Balaban J connectivity index is 1.34. The Bertz CT molecular complexity index is 600. The van der Waals surface area contributed by atoms with Crippen LogP contribution in [0.25, 0.3) is 0 Å². The number of pyridine rings is 1. The van der Waals surface area contributed by atoms with E-state index in [0.717, 1.165) is 51.3 Å². The van der Waals surface area contributed by atoms with E-state index < -0.39 is 0 Å². The van der Waals surface area contributed by atoms with Crippen LogP contribution in [0.15, 0.2) is 18.3 Å². The van der Waals surface area contributed by atoms with Crippen molar-refractivity contribution in [1.29, 1.82) is 0 Å². The van der Waals surface area contributed by atoms with Crippen molar-refractivity contribution >= 4 is 11.7 Å². The van der Waals surface area contributed by atoms with Gasteiger partial charge in [0, 0.05) is 50.4 Å². The largest absolute Gasteiger partial charge is 0.353 e. The molecule has 1 aromatic rings. The van der Waals surface area contributed by atoms with Gasteiger partial charge < -0.3 is 9.80 Å². The Kier molecular flexibility index (Phi) is 4.39. The van der Waals surface area contributed by atoms with E-state index >= 15 is 0 Å². The van der Waals surface area contributed by atoms with Crippen molar-refractivity contribution in [3.8, 4) is 0 Å². The highest BCUT2D eigenvalue weighted by atomic mass is 16.2.